The molecule has 0 aliphatic heterocycles. The Balaban J connectivity index is 2.15. The van der Waals surface area contributed by atoms with Crippen LogP contribution in [0.5, 0.6) is 0 Å². The third kappa shape index (κ3) is 3.44. The van der Waals surface area contributed by atoms with E-state index in [1.165, 1.54) is 5.56 Å². The first-order valence-corrected chi connectivity index (χ1v) is 6.93. The molecule has 2 aromatic rings. The Labute approximate surface area is 115 Å². The second kappa shape index (κ2) is 6.02. The maximum Gasteiger partial charge on any atom is 0.0956 e. The molecular formula is C16H23N3. The van der Waals surface area contributed by atoms with Gasteiger partial charge in [0.15, 0.2) is 0 Å². The van der Waals surface area contributed by atoms with Crippen molar-refractivity contribution in [1.82, 2.24) is 9.55 Å². The molecule has 0 bridgehead atoms. The van der Waals surface area contributed by atoms with Gasteiger partial charge in [-0.25, -0.2) is 4.98 Å². The summed E-state index contributed by atoms with van der Waals surface area (Å²) in [7, 11) is 0. The van der Waals surface area contributed by atoms with E-state index in [0.717, 1.165) is 17.7 Å². The maximum atomic E-state index is 5.67. The summed E-state index contributed by atoms with van der Waals surface area (Å²) in [5.41, 5.74) is 9.23. The Bertz CT molecular complexity index is 511. The van der Waals surface area contributed by atoms with Gasteiger partial charge in [0.25, 0.3) is 0 Å². The topological polar surface area (TPSA) is 43.8 Å². The van der Waals surface area contributed by atoms with Crippen molar-refractivity contribution in [3.8, 4) is 11.3 Å². The number of rotatable bonds is 5. The number of hydrogen-bond donors (Lipinski definition) is 1. The van der Waals surface area contributed by atoms with Crippen molar-refractivity contribution in [2.24, 2.45) is 11.7 Å². The molecule has 1 aromatic heterocycles. The van der Waals surface area contributed by atoms with E-state index in [2.05, 4.69) is 60.8 Å². The van der Waals surface area contributed by atoms with Gasteiger partial charge in [-0.05, 0) is 24.8 Å². The van der Waals surface area contributed by atoms with Crippen LogP contribution in [-0.4, -0.2) is 16.1 Å². The van der Waals surface area contributed by atoms with Crippen LogP contribution in [-0.2, 0) is 6.42 Å². The van der Waals surface area contributed by atoms with Crippen LogP contribution in [0, 0.1) is 5.92 Å². The lowest BCUT2D eigenvalue weighted by molar-refractivity contribution is 0.558. The summed E-state index contributed by atoms with van der Waals surface area (Å²) in [5.74, 6) is 0.690. The highest BCUT2D eigenvalue weighted by molar-refractivity contribution is 5.58. The minimum absolute atomic E-state index is 0.293. The SMILES string of the molecule is CC(C)Cc1ccc(-c2cn([C@@H](C)CN)cn2)cc1. The van der Waals surface area contributed by atoms with E-state index in [4.69, 9.17) is 5.73 Å². The van der Waals surface area contributed by atoms with Crippen molar-refractivity contribution in [3.05, 3.63) is 42.4 Å². The lowest BCUT2D eigenvalue weighted by Gasteiger charge is -2.08. The van der Waals surface area contributed by atoms with Crippen molar-refractivity contribution in [2.45, 2.75) is 33.2 Å². The standard InChI is InChI=1S/C16H23N3/c1-12(2)8-14-4-6-15(7-5-14)16-10-19(11-18-16)13(3)9-17/h4-7,10-13H,8-9,17H2,1-3H3/t13-/m0/s1. The number of nitrogens with two attached hydrogens (primary N) is 1. The monoisotopic (exact) mass is 257 g/mol. The van der Waals surface area contributed by atoms with Crippen LogP contribution >= 0.6 is 0 Å². The van der Waals surface area contributed by atoms with Crippen LogP contribution in [0.2, 0.25) is 0 Å². The van der Waals surface area contributed by atoms with Gasteiger partial charge in [-0.3, -0.25) is 0 Å². The van der Waals surface area contributed by atoms with E-state index in [-0.39, 0.29) is 0 Å². The van der Waals surface area contributed by atoms with Gasteiger partial charge in [-0.2, -0.15) is 0 Å². The van der Waals surface area contributed by atoms with E-state index >= 15 is 0 Å². The van der Waals surface area contributed by atoms with Gasteiger partial charge in [0, 0.05) is 24.3 Å². The molecule has 1 atom stereocenters. The van der Waals surface area contributed by atoms with Crippen molar-refractivity contribution in [3.63, 3.8) is 0 Å². The zero-order valence-electron chi connectivity index (χ0n) is 12.0. The number of benzene rings is 1. The normalized spacial score (nSPS) is 12.9. The molecule has 0 unspecified atom stereocenters. The van der Waals surface area contributed by atoms with Gasteiger partial charge in [-0.1, -0.05) is 38.1 Å². The Morgan fingerprint density at radius 3 is 2.42 bits per heavy atom. The van der Waals surface area contributed by atoms with Gasteiger partial charge in [0.1, 0.15) is 0 Å². The summed E-state index contributed by atoms with van der Waals surface area (Å²) >= 11 is 0. The zero-order chi connectivity index (χ0) is 13.8. The van der Waals surface area contributed by atoms with E-state index in [9.17, 15) is 0 Å². The number of imidazole rings is 1. The predicted octanol–water partition coefficient (Wildman–Crippen LogP) is 3.27. The van der Waals surface area contributed by atoms with Crippen LogP contribution in [0.1, 0.15) is 32.4 Å². The second-order valence-electron chi connectivity index (χ2n) is 5.59. The van der Waals surface area contributed by atoms with Crippen LogP contribution in [0.25, 0.3) is 11.3 Å². The molecule has 3 nitrogen and oxygen atoms in total. The first-order chi connectivity index (χ1) is 9.10. The molecule has 0 amide bonds. The Morgan fingerprint density at radius 2 is 1.84 bits per heavy atom. The average molecular weight is 257 g/mol. The number of hydrogen-bond acceptors (Lipinski definition) is 2. The molecule has 0 spiro atoms. The molecular weight excluding hydrogens is 234 g/mol. The van der Waals surface area contributed by atoms with Gasteiger partial charge in [0.05, 0.1) is 12.0 Å². The summed E-state index contributed by atoms with van der Waals surface area (Å²) in [4.78, 5) is 4.45. The minimum Gasteiger partial charge on any atom is -0.333 e. The summed E-state index contributed by atoms with van der Waals surface area (Å²) < 4.78 is 2.07. The van der Waals surface area contributed by atoms with Crippen molar-refractivity contribution in [1.29, 1.82) is 0 Å². The highest BCUT2D eigenvalue weighted by Gasteiger charge is 2.06. The Hall–Kier alpha value is -1.61. The maximum absolute atomic E-state index is 5.67. The van der Waals surface area contributed by atoms with Gasteiger partial charge >= 0.3 is 0 Å². The van der Waals surface area contributed by atoms with Crippen molar-refractivity contribution in [2.75, 3.05) is 6.54 Å². The first-order valence-electron chi connectivity index (χ1n) is 6.93. The Kier molecular flexibility index (Phi) is 4.38. The minimum atomic E-state index is 0.293. The molecule has 1 heterocycles. The van der Waals surface area contributed by atoms with E-state index < -0.39 is 0 Å². The van der Waals surface area contributed by atoms with Gasteiger partial charge in [-0.15, -0.1) is 0 Å². The average Bonchev–Trinajstić information content (AvgIpc) is 2.87. The molecule has 0 saturated carbocycles. The Morgan fingerprint density at radius 1 is 1.16 bits per heavy atom. The highest BCUT2D eigenvalue weighted by atomic mass is 15.1. The van der Waals surface area contributed by atoms with Crippen molar-refractivity contribution < 1.29 is 0 Å². The number of aromatic nitrogens is 2. The molecule has 0 radical (unpaired) electrons. The molecule has 0 aliphatic carbocycles. The third-order valence-corrected chi connectivity index (χ3v) is 3.35. The van der Waals surface area contributed by atoms with E-state index in [1.807, 2.05) is 6.33 Å². The quantitative estimate of drug-likeness (QED) is 0.893. The zero-order valence-corrected chi connectivity index (χ0v) is 12.0. The molecule has 2 rings (SSSR count). The fraction of sp³-hybridized carbons (Fsp3) is 0.438. The lowest BCUT2D eigenvalue weighted by Crippen LogP contribution is -2.14. The van der Waals surface area contributed by atoms with Crippen LogP contribution in [0.3, 0.4) is 0 Å². The van der Waals surface area contributed by atoms with Crippen molar-refractivity contribution >= 4 is 0 Å². The molecule has 3 heteroatoms. The van der Waals surface area contributed by atoms with Crippen LogP contribution < -0.4 is 5.73 Å². The molecule has 1 aromatic carbocycles. The molecule has 19 heavy (non-hydrogen) atoms. The van der Waals surface area contributed by atoms with E-state index in [1.54, 1.807) is 0 Å². The lowest BCUT2D eigenvalue weighted by atomic mass is 10.0. The summed E-state index contributed by atoms with van der Waals surface area (Å²) in [6, 6.07) is 8.98. The highest BCUT2D eigenvalue weighted by Crippen LogP contribution is 2.20. The fourth-order valence-corrected chi connectivity index (χ4v) is 2.13. The molecule has 0 saturated heterocycles. The molecule has 0 fully saturated rings. The van der Waals surface area contributed by atoms with Gasteiger partial charge < -0.3 is 10.3 Å². The largest absolute Gasteiger partial charge is 0.333 e. The summed E-state index contributed by atoms with van der Waals surface area (Å²) in [6.45, 7) is 7.20. The predicted molar refractivity (Wildman–Crippen MR) is 80.0 cm³/mol. The fourth-order valence-electron chi connectivity index (χ4n) is 2.13. The molecule has 102 valence electrons. The van der Waals surface area contributed by atoms with Gasteiger partial charge in [0.2, 0.25) is 0 Å². The smallest absolute Gasteiger partial charge is 0.0956 e. The number of nitrogens with zero attached hydrogens (tertiary/aromatic N) is 2. The van der Waals surface area contributed by atoms with E-state index in [0.29, 0.717) is 18.5 Å². The molecule has 0 aliphatic rings. The first kappa shape index (κ1) is 13.8. The van der Waals surface area contributed by atoms with Crippen LogP contribution in [0.15, 0.2) is 36.8 Å². The third-order valence-electron chi connectivity index (χ3n) is 3.35. The molecule has 2 N–H and O–H groups in total. The summed E-state index contributed by atoms with van der Waals surface area (Å²) in [5, 5.41) is 0. The second-order valence-corrected chi connectivity index (χ2v) is 5.59. The van der Waals surface area contributed by atoms with Crippen LogP contribution in [0.4, 0.5) is 0 Å². The summed E-state index contributed by atoms with van der Waals surface area (Å²) in [6.07, 6.45) is 5.04.